The van der Waals surface area contributed by atoms with E-state index in [2.05, 4.69) is 15.7 Å². The molecule has 1 aromatic heterocycles. The molecule has 128 valence electrons. The number of nitrogens with zero attached hydrogens (tertiary/aromatic N) is 2. The highest BCUT2D eigenvalue weighted by atomic mass is 35.5. The monoisotopic (exact) mass is 350 g/mol. The van der Waals surface area contributed by atoms with Crippen LogP contribution in [0.1, 0.15) is 37.7 Å². The van der Waals surface area contributed by atoms with Crippen LogP contribution < -0.4 is 10.6 Å². The van der Waals surface area contributed by atoms with Crippen molar-refractivity contribution in [1.82, 2.24) is 15.1 Å². The molecule has 2 N–H and O–H groups in total. The minimum absolute atomic E-state index is 0.221. The summed E-state index contributed by atoms with van der Waals surface area (Å²) in [6, 6.07) is 6.12. The second-order valence-electron chi connectivity index (χ2n) is 6.08. The van der Waals surface area contributed by atoms with E-state index in [9.17, 15) is 9.18 Å². The van der Waals surface area contributed by atoms with Crippen LogP contribution in [0.5, 0.6) is 0 Å². The normalized spacial score (nSPS) is 15.2. The van der Waals surface area contributed by atoms with Gasteiger partial charge in [0.2, 0.25) is 0 Å². The summed E-state index contributed by atoms with van der Waals surface area (Å²) in [6.45, 7) is 0.450. The molecule has 0 saturated heterocycles. The lowest BCUT2D eigenvalue weighted by Gasteiger charge is -2.22. The van der Waals surface area contributed by atoms with Crippen LogP contribution in [-0.2, 0) is 6.54 Å². The molecule has 1 aliphatic carbocycles. The largest absolute Gasteiger partial charge is 0.335 e. The van der Waals surface area contributed by atoms with Crippen molar-refractivity contribution in [3.05, 3.63) is 46.9 Å². The number of anilines is 1. The number of hydrogen-bond donors (Lipinski definition) is 2. The van der Waals surface area contributed by atoms with Crippen LogP contribution >= 0.6 is 11.6 Å². The predicted molar refractivity (Wildman–Crippen MR) is 91.8 cm³/mol. The lowest BCUT2D eigenvalue weighted by molar-refractivity contribution is 0.244. The molecule has 0 atom stereocenters. The quantitative estimate of drug-likeness (QED) is 0.869. The first kappa shape index (κ1) is 16.8. The van der Waals surface area contributed by atoms with E-state index in [1.807, 2.05) is 0 Å². The third-order valence-electron chi connectivity index (χ3n) is 4.15. The second-order valence-corrected chi connectivity index (χ2v) is 6.49. The van der Waals surface area contributed by atoms with Gasteiger partial charge in [0.1, 0.15) is 10.8 Å². The number of hydrogen-bond acceptors (Lipinski definition) is 2. The highest BCUT2D eigenvalue weighted by Crippen LogP contribution is 2.21. The molecule has 0 radical (unpaired) electrons. The molecule has 1 fully saturated rings. The van der Waals surface area contributed by atoms with Gasteiger partial charge in [-0.1, -0.05) is 43.0 Å². The molecule has 7 heteroatoms. The van der Waals surface area contributed by atoms with Gasteiger partial charge in [-0.2, -0.15) is 5.10 Å². The Bertz CT molecular complexity index is 695. The van der Waals surface area contributed by atoms with Crippen LogP contribution in [0.2, 0.25) is 5.02 Å². The van der Waals surface area contributed by atoms with Crippen LogP contribution in [0.25, 0.3) is 0 Å². The maximum atomic E-state index is 12.9. The molecule has 1 aliphatic rings. The van der Waals surface area contributed by atoms with Crippen molar-refractivity contribution in [1.29, 1.82) is 0 Å². The standard InChI is InChI=1S/C17H20ClFN4O/c18-15-11-23(10-12-6-8-13(19)9-7-12)22-16(15)21-17(24)20-14-4-2-1-3-5-14/h6-9,11,14H,1-5,10H2,(H2,20,21,22,24). The molecule has 0 unspecified atom stereocenters. The first-order chi connectivity index (χ1) is 11.6. The Labute approximate surface area is 145 Å². The molecule has 1 saturated carbocycles. The molecule has 1 heterocycles. The molecule has 5 nitrogen and oxygen atoms in total. The van der Waals surface area contributed by atoms with Gasteiger partial charge in [0, 0.05) is 12.2 Å². The van der Waals surface area contributed by atoms with Gasteiger partial charge in [0.25, 0.3) is 0 Å². The van der Waals surface area contributed by atoms with Crippen LogP contribution in [-0.4, -0.2) is 21.9 Å². The molecule has 0 bridgehead atoms. The zero-order valence-electron chi connectivity index (χ0n) is 13.3. The van der Waals surface area contributed by atoms with E-state index in [1.165, 1.54) is 18.6 Å². The van der Waals surface area contributed by atoms with Gasteiger partial charge in [-0.15, -0.1) is 0 Å². The Kier molecular flexibility index (Phi) is 5.35. The van der Waals surface area contributed by atoms with Gasteiger partial charge in [-0.05, 0) is 30.5 Å². The molecule has 2 amide bonds. The highest BCUT2D eigenvalue weighted by molar-refractivity contribution is 6.33. The van der Waals surface area contributed by atoms with E-state index in [-0.39, 0.29) is 17.9 Å². The Balaban J connectivity index is 1.58. The Morgan fingerprint density at radius 2 is 1.96 bits per heavy atom. The third-order valence-corrected chi connectivity index (χ3v) is 4.42. The lowest BCUT2D eigenvalue weighted by Crippen LogP contribution is -2.39. The number of carbonyl (C=O) groups excluding carboxylic acids is 1. The van der Waals surface area contributed by atoms with Gasteiger partial charge in [0.15, 0.2) is 5.82 Å². The summed E-state index contributed by atoms with van der Waals surface area (Å²) in [7, 11) is 0. The van der Waals surface area contributed by atoms with Gasteiger partial charge in [-0.3, -0.25) is 10.00 Å². The van der Waals surface area contributed by atoms with E-state index >= 15 is 0 Å². The highest BCUT2D eigenvalue weighted by Gasteiger charge is 2.17. The van der Waals surface area contributed by atoms with Crippen LogP contribution in [0.15, 0.2) is 30.5 Å². The first-order valence-corrected chi connectivity index (χ1v) is 8.53. The van der Waals surface area contributed by atoms with Gasteiger partial charge in [0.05, 0.1) is 6.54 Å². The Morgan fingerprint density at radius 1 is 1.25 bits per heavy atom. The molecule has 3 rings (SSSR count). The maximum Gasteiger partial charge on any atom is 0.320 e. The Morgan fingerprint density at radius 3 is 2.67 bits per heavy atom. The number of nitrogens with one attached hydrogen (secondary N) is 2. The van der Waals surface area contributed by atoms with Crippen molar-refractivity contribution in [3.63, 3.8) is 0 Å². The SMILES string of the molecule is O=C(Nc1nn(Cc2ccc(F)cc2)cc1Cl)NC1CCCCC1. The predicted octanol–water partition coefficient (Wildman–Crippen LogP) is 4.18. The molecule has 0 spiro atoms. The molecule has 0 aliphatic heterocycles. The summed E-state index contributed by atoms with van der Waals surface area (Å²) in [5.74, 6) is 0.0473. The maximum absolute atomic E-state index is 12.9. The first-order valence-electron chi connectivity index (χ1n) is 8.15. The summed E-state index contributed by atoms with van der Waals surface area (Å²) >= 11 is 6.14. The Hall–Kier alpha value is -2.08. The topological polar surface area (TPSA) is 59.0 Å². The van der Waals surface area contributed by atoms with Gasteiger partial charge in [-0.25, -0.2) is 9.18 Å². The van der Waals surface area contributed by atoms with Crippen molar-refractivity contribution in [2.75, 3.05) is 5.32 Å². The third kappa shape index (κ3) is 4.47. The number of benzene rings is 1. The minimum atomic E-state index is -0.282. The summed E-state index contributed by atoms with van der Waals surface area (Å²) in [5, 5.41) is 10.3. The van der Waals surface area contributed by atoms with Gasteiger partial charge < -0.3 is 5.32 Å². The smallest absolute Gasteiger partial charge is 0.320 e. The summed E-state index contributed by atoms with van der Waals surface area (Å²) in [5.41, 5.74) is 0.897. The van der Waals surface area contributed by atoms with Crippen molar-refractivity contribution in [2.24, 2.45) is 0 Å². The second kappa shape index (κ2) is 7.66. The average Bonchev–Trinajstić information content (AvgIpc) is 2.90. The number of aromatic nitrogens is 2. The van der Waals surface area contributed by atoms with E-state index in [1.54, 1.807) is 23.0 Å². The zero-order valence-corrected chi connectivity index (χ0v) is 14.0. The van der Waals surface area contributed by atoms with E-state index in [4.69, 9.17) is 11.6 Å². The molecular formula is C17H20ClFN4O. The van der Waals surface area contributed by atoms with E-state index in [0.29, 0.717) is 17.4 Å². The molecule has 2 aromatic rings. The van der Waals surface area contributed by atoms with Crippen LogP contribution in [0.4, 0.5) is 15.0 Å². The number of rotatable bonds is 4. The number of urea groups is 1. The molecule has 1 aromatic carbocycles. The van der Waals surface area contributed by atoms with Crippen molar-refractivity contribution < 1.29 is 9.18 Å². The van der Waals surface area contributed by atoms with E-state index in [0.717, 1.165) is 31.2 Å². The minimum Gasteiger partial charge on any atom is -0.335 e. The fourth-order valence-electron chi connectivity index (χ4n) is 2.92. The van der Waals surface area contributed by atoms with Crippen molar-refractivity contribution in [3.8, 4) is 0 Å². The number of amides is 2. The number of halogens is 2. The fourth-order valence-corrected chi connectivity index (χ4v) is 3.11. The number of carbonyl (C=O) groups is 1. The molecule has 24 heavy (non-hydrogen) atoms. The zero-order chi connectivity index (χ0) is 16.9. The molecular weight excluding hydrogens is 331 g/mol. The van der Waals surface area contributed by atoms with E-state index < -0.39 is 0 Å². The average molecular weight is 351 g/mol. The fraction of sp³-hybridized carbons (Fsp3) is 0.412. The van der Waals surface area contributed by atoms with Gasteiger partial charge >= 0.3 is 6.03 Å². The van der Waals surface area contributed by atoms with Crippen molar-refractivity contribution in [2.45, 2.75) is 44.7 Å². The summed E-state index contributed by atoms with van der Waals surface area (Å²) < 4.78 is 14.5. The summed E-state index contributed by atoms with van der Waals surface area (Å²) in [4.78, 5) is 12.1. The van der Waals surface area contributed by atoms with Crippen LogP contribution in [0, 0.1) is 5.82 Å². The van der Waals surface area contributed by atoms with Crippen LogP contribution in [0.3, 0.4) is 0 Å². The van der Waals surface area contributed by atoms with Crippen molar-refractivity contribution >= 4 is 23.4 Å². The summed E-state index contributed by atoms with van der Waals surface area (Å²) in [6.07, 6.45) is 7.21. The lowest BCUT2D eigenvalue weighted by atomic mass is 9.96.